The molecule has 1 unspecified atom stereocenters. The molecule has 0 saturated carbocycles. The van der Waals surface area contributed by atoms with Crippen molar-refractivity contribution in [1.82, 2.24) is 4.90 Å². The summed E-state index contributed by atoms with van der Waals surface area (Å²) in [7, 11) is 0. The molecule has 8 heteroatoms. The number of carboxylic acids is 1. The van der Waals surface area contributed by atoms with Crippen molar-refractivity contribution in [3.8, 4) is 0 Å². The molecule has 1 atom stereocenters. The Kier molecular flexibility index (Phi) is 7.31. The molecule has 1 heterocycles. The van der Waals surface area contributed by atoms with Crippen molar-refractivity contribution in [2.45, 2.75) is 25.1 Å². The number of hydrogen-bond acceptors (Lipinski definition) is 3. The largest absolute Gasteiger partial charge is 0.481 e. The second-order valence-corrected chi connectivity index (χ2v) is 5.28. The Morgan fingerprint density at radius 1 is 1.39 bits per heavy atom. The van der Waals surface area contributed by atoms with Crippen molar-refractivity contribution >= 4 is 18.4 Å². The van der Waals surface area contributed by atoms with Gasteiger partial charge in [0.1, 0.15) is 0 Å². The van der Waals surface area contributed by atoms with Crippen LogP contribution in [-0.4, -0.2) is 42.2 Å². The summed E-state index contributed by atoms with van der Waals surface area (Å²) in [4.78, 5) is 12.5. The smallest absolute Gasteiger partial charge is 0.416 e. The lowest BCUT2D eigenvalue weighted by atomic mass is 10.0. The molecule has 0 radical (unpaired) electrons. The van der Waals surface area contributed by atoms with Crippen LogP contribution < -0.4 is 0 Å². The van der Waals surface area contributed by atoms with Gasteiger partial charge in [-0.1, -0.05) is 12.1 Å². The standard InChI is InChI=1S/C15H18F3NO3.ClH/c16-15(17,18)12-4-1-3-11(9-12)13-10-19(7-8-22-13)6-2-5-14(20)21;/h1,3-4,9,13H,2,5-8,10H2,(H,20,21);1H. The molecule has 1 fully saturated rings. The third-order valence-corrected chi connectivity index (χ3v) is 3.60. The van der Waals surface area contributed by atoms with Crippen LogP contribution in [0.3, 0.4) is 0 Å². The molecule has 130 valence electrons. The number of rotatable bonds is 5. The number of hydrogen-bond donors (Lipinski definition) is 1. The highest BCUT2D eigenvalue weighted by atomic mass is 35.5. The zero-order chi connectivity index (χ0) is 16.2. The van der Waals surface area contributed by atoms with E-state index >= 15 is 0 Å². The number of aliphatic carboxylic acids is 1. The average Bonchev–Trinajstić information content (AvgIpc) is 2.46. The molecule has 4 nitrogen and oxygen atoms in total. The number of morpholine rings is 1. The van der Waals surface area contributed by atoms with Gasteiger partial charge in [0.15, 0.2) is 0 Å². The Morgan fingerprint density at radius 2 is 2.13 bits per heavy atom. The van der Waals surface area contributed by atoms with Crippen LogP contribution in [0.25, 0.3) is 0 Å². The van der Waals surface area contributed by atoms with Crippen molar-refractivity contribution in [3.63, 3.8) is 0 Å². The summed E-state index contributed by atoms with van der Waals surface area (Å²) >= 11 is 0. The topological polar surface area (TPSA) is 49.8 Å². The second-order valence-electron chi connectivity index (χ2n) is 5.28. The zero-order valence-electron chi connectivity index (χ0n) is 12.4. The Balaban J connectivity index is 0.00000264. The van der Waals surface area contributed by atoms with Crippen LogP contribution in [0.4, 0.5) is 13.2 Å². The van der Waals surface area contributed by atoms with Gasteiger partial charge in [0.25, 0.3) is 0 Å². The molecule has 1 aliphatic heterocycles. The normalized spacial score (nSPS) is 19.2. The minimum Gasteiger partial charge on any atom is -0.481 e. The van der Waals surface area contributed by atoms with Gasteiger partial charge in [0, 0.05) is 19.5 Å². The van der Waals surface area contributed by atoms with Gasteiger partial charge >= 0.3 is 12.1 Å². The summed E-state index contributed by atoms with van der Waals surface area (Å²) in [6.07, 6.45) is -4.18. The van der Waals surface area contributed by atoms with Crippen molar-refractivity contribution in [1.29, 1.82) is 0 Å². The van der Waals surface area contributed by atoms with Crippen LogP contribution in [0.5, 0.6) is 0 Å². The summed E-state index contributed by atoms with van der Waals surface area (Å²) in [6, 6.07) is 5.16. The SMILES string of the molecule is Cl.O=C(O)CCCN1CCOC(c2cccc(C(F)(F)F)c2)C1. The summed E-state index contributed by atoms with van der Waals surface area (Å²) < 4.78 is 43.8. The fraction of sp³-hybridized carbons (Fsp3) is 0.533. The molecule has 1 N–H and O–H groups in total. The van der Waals surface area contributed by atoms with E-state index in [-0.39, 0.29) is 18.8 Å². The van der Waals surface area contributed by atoms with Crippen LogP contribution in [0.15, 0.2) is 24.3 Å². The molecule has 0 spiro atoms. The highest BCUT2D eigenvalue weighted by Crippen LogP contribution is 2.32. The maximum atomic E-state index is 12.7. The van der Waals surface area contributed by atoms with Crippen LogP contribution in [0, 0.1) is 0 Å². The van der Waals surface area contributed by atoms with Crippen LogP contribution in [0.2, 0.25) is 0 Å². The molecule has 1 aromatic rings. The van der Waals surface area contributed by atoms with E-state index in [1.807, 2.05) is 4.90 Å². The molecule has 0 amide bonds. The van der Waals surface area contributed by atoms with Gasteiger partial charge in [-0.05, 0) is 30.7 Å². The first-order valence-electron chi connectivity index (χ1n) is 7.09. The van der Waals surface area contributed by atoms with Gasteiger partial charge in [-0.15, -0.1) is 12.4 Å². The predicted octanol–water partition coefficient (Wildman–Crippen LogP) is 3.37. The quantitative estimate of drug-likeness (QED) is 0.881. The fourth-order valence-electron chi connectivity index (χ4n) is 2.48. The first-order valence-corrected chi connectivity index (χ1v) is 7.09. The molecule has 1 aromatic carbocycles. The number of ether oxygens (including phenoxy) is 1. The van der Waals surface area contributed by atoms with Crippen molar-refractivity contribution in [3.05, 3.63) is 35.4 Å². The number of nitrogens with zero attached hydrogens (tertiary/aromatic N) is 1. The van der Waals surface area contributed by atoms with Crippen LogP contribution >= 0.6 is 12.4 Å². The molecule has 23 heavy (non-hydrogen) atoms. The highest BCUT2D eigenvalue weighted by molar-refractivity contribution is 5.85. The molecule has 0 aliphatic carbocycles. The summed E-state index contributed by atoms with van der Waals surface area (Å²) in [5.74, 6) is -0.845. The van der Waals surface area contributed by atoms with Crippen LogP contribution in [-0.2, 0) is 15.7 Å². The molecular formula is C15H19ClF3NO3. The third-order valence-electron chi connectivity index (χ3n) is 3.60. The van der Waals surface area contributed by atoms with E-state index in [9.17, 15) is 18.0 Å². The number of benzene rings is 1. The van der Waals surface area contributed by atoms with Gasteiger partial charge in [0.05, 0.1) is 18.3 Å². The minimum atomic E-state index is -4.37. The molecular weight excluding hydrogens is 335 g/mol. The summed E-state index contributed by atoms with van der Waals surface area (Å²) in [6.45, 7) is 2.16. The summed E-state index contributed by atoms with van der Waals surface area (Å²) in [5, 5.41) is 8.63. The van der Waals surface area contributed by atoms with Gasteiger partial charge in [-0.25, -0.2) is 0 Å². The predicted molar refractivity (Wildman–Crippen MR) is 80.7 cm³/mol. The number of carboxylic acid groups (broad SMARTS) is 1. The van der Waals surface area contributed by atoms with Gasteiger partial charge in [-0.2, -0.15) is 13.2 Å². The lowest BCUT2D eigenvalue weighted by Gasteiger charge is -2.33. The first kappa shape index (κ1) is 19.7. The van der Waals surface area contributed by atoms with E-state index in [4.69, 9.17) is 9.84 Å². The zero-order valence-corrected chi connectivity index (χ0v) is 13.2. The molecule has 1 aliphatic rings. The maximum absolute atomic E-state index is 12.7. The molecule has 2 rings (SSSR count). The number of alkyl halides is 3. The van der Waals surface area contributed by atoms with Crippen molar-refractivity contribution in [2.75, 3.05) is 26.2 Å². The summed E-state index contributed by atoms with van der Waals surface area (Å²) in [5.41, 5.74) is -0.186. The Morgan fingerprint density at radius 3 is 2.78 bits per heavy atom. The first-order chi connectivity index (χ1) is 10.4. The lowest BCUT2D eigenvalue weighted by Crippen LogP contribution is -2.39. The minimum absolute atomic E-state index is 0. The van der Waals surface area contributed by atoms with Crippen molar-refractivity contribution in [2.24, 2.45) is 0 Å². The molecule has 0 aromatic heterocycles. The maximum Gasteiger partial charge on any atom is 0.416 e. The van der Waals surface area contributed by atoms with E-state index < -0.39 is 23.8 Å². The average molecular weight is 354 g/mol. The van der Waals surface area contributed by atoms with Gasteiger partial charge < -0.3 is 9.84 Å². The second kappa shape index (κ2) is 8.52. The van der Waals surface area contributed by atoms with E-state index in [2.05, 4.69) is 0 Å². The Hall–Kier alpha value is -1.31. The van der Waals surface area contributed by atoms with Gasteiger partial charge in [0.2, 0.25) is 0 Å². The highest BCUT2D eigenvalue weighted by Gasteiger charge is 2.31. The van der Waals surface area contributed by atoms with E-state index in [1.54, 1.807) is 6.07 Å². The van der Waals surface area contributed by atoms with Crippen LogP contribution in [0.1, 0.15) is 30.1 Å². The third kappa shape index (κ3) is 6.01. The van der Waals surface area contributed by atoms with E-state index in [1.165, 1.54) is 6.07 Å². The van der Waals surface area contributed by atoms with Gasteiger partial charge in [-0.3, -0.25) is 9.69 Å². The Labute approximate surface area is 138 Å². The van der Waals surface area contributed by atoms with E-state index in [0.29, 0.717) is 38.2 Å². The number of halogens is 4. The monoisotopic (exact) mass is 353 g/mol. The Bertz CT molecular complexity index is 525. The number of carbonyl (C=O) groups is 1. The fourth-order valence-corrected chi connectivity index (χ4v) is 2.48. The molecule has 0 bridgehead atoms. The lowest BCUT2D eigenvalue weighted by molar-refractivity contribution is -0.138. The van der Waals surface area contributed by atoms with E-state index in [0.717, 1.165) is 12.1 Å². The van der Waals surface area contributed by atoms with Crippen molar-refractivity contribution < 1.29 is 27.8 Å². The molecule has 1 saturated heterocycles.